The van der Waals surface area contributed by atoms with E-state index in [1.54, 1.807) is 0 Å². The van der Waals surface area contributed by atoms with Gasteiger partial charge in [0.25, 0.3) is 10.0 Å². The molecule has 0 aliphatic heterocycles. The van der Waals surface area contributed by atoms with E-state index in [0.717, 1.165) is 29.5 Å². The number of nitrogens with one attached hydrogen (secondary N) is 1. The van der Waals surface area contributed by atoms with Gasteiger partial charge in [-0.15, -0.1) is 11.3 Å². The van der Waals surface area contributed by atoms with Gasteiger partial charge in [-0.2, -0.15) is 13.2 Å². The van der Waals surface area contributed by atoms with Gasteiger partial charge in [-0.05, 0) is 40.2 Å². The Morgan fingerprint density at radius 3 is 2.43 bits per heavy atom. The number of anilines is 1. The van der Waals surface area contributed by atoms with E-state index in [4.69, 9.17) is 11.6 Å². The van der Waals surface area contributed by atoms with Gasteiger partial charge in [0.05, 0.1) is 14.4 Å². The number of sulfonamides is 1. The zero-order valence-corrected chi connectivity index (χ0v) is 13.9. The first-order valence-electron chi connectivity index (χ1n) is 5.24. The molecule has 0 bridgehead atoms. The Labute approximate surface area is 135 Å². The van der Waals surface area contributed by atoms with Crippen molar-refractivity contribution in [1.29, 1.82) is 0 Å². The van der Waals surface area contributed by atoms with Crippen LogP contribution in [-0.2, 0) is 16.2 Å². The molecule has 3 nitrogen and oxygen atoms in total. The number of halogens is 5. The number of benzene rings is 1. The predicted molar refractivity (Wildman–Crippen MR) is 79.3 cm³/mol. The lowest BCUT2D eigenvalue weighted by Crippen LogP contribution is -2.12. The third-order valence-electron chi connectivity index (χ3n) is 2.33. The number of hydrogen-bond donors (Lipinski definition) is 1. The lowest BCUT2D eigenvalue weighted by Gasteiger charge is -2.10. The normalized spacial score (nSPS) is 12.4. The van der Waals surface area contributed by atoms with Gasteiger partial charge < -0.3 is 0 Å². The summed E-state index contributed by atoms with van der Waals surface area (Å²) >= 11 is 9.69. The van der Waals surface area contributed by atoms with Gasteiger partial charge >= 0.3 is 6.18 Å². The van der Waals surface area contributed by atoms with Gasteiger partial charge in [-0.25, -0.2) is 8.42 Å². The topological polar surface area (TPSA) is 46.2 Å². The van der Waals surface area contributed by atoms with E-state index < -0.39 is 21.8 Å². The molecule has 0 radical (unpaired) electrons. The van der Waals surface area contributed by atoms with Crippen LogP contribution in [0, 0.1) is 0 Å². The van der Waals surface area contributed by atoms with Crippen LogP contribution in [0.1, 0.15) is 5.56 Å². The number of thiophene rings is 1. The van der Waals surface area contributed by atoms with Crippen molar-refractivity contribution in [2.75, 3.05) is 4.72 Å². The van der Waals surface area contributed by atoms with Gasteiger partial charge in [0.15, 0.2) is 0 Å². The Bertz CT molecular complexity index is 755. The summed E-state index contributed by atoms with van der Waals surface area (Å²) in [6.45, 7) is 0. The summed E-state index contributed by atoms with van der Waals surface area (Å²) in [5.74, 6) is 0. The van der Waals surface area contributed by atoms with E-state index >= 15 is 0 Å². The molecule has 0 saturated heterocycles. The molecule has 0 fully saturated rings. The molecular weight excluding hydrogens is 415 g/mol. The van der Waals surface area contributed by atoms with Crippen molar-refractivity contribution in [3.63, 3.8) is 0 Å². The van der Waals surface area contributed by atoms with E-state index in [1.807, 2.05) is 0 Å². The second kappa shape index (κ2) is 5.79. The van der Waals surface area contributed by atoms with Crippen molar-refractivity contribution in [1.82, 2.24) is 0 Å². The zero-order valence-electron chi connectivity index (χ0n) is 9.91. The van der Waals surface area contributed by atoms with Crippen LogP contribution >= 0.6 is 38.9 Å². The standard InChI is InChI=1S/C11H6BrClF3NO2S2/c12-10-8(13)5-9(20-10)21(18,19)17-7-3-1-2-6(4-7)11(14,15)16/h1-5,17H. The second-order valence-corrected chi connectivity index (χ2v) is 8.56. The molecule has 114 valence electrons. The minimum absolute atomic E-state index is 0.100. The van der Waals surface area contributed by atoms with Crippen LogP contribution < -0.4 is 4.72 Å². The summed E-state index contributed by atoms with van der Waals surface area (Å²) in [6.07, 6.45) is -4.54. The summed E-state index contributed by atoms with van der Waals surface area (Å²) in [7, 11) is -3.99. The first-order chi connectivity index (χ1) is 9.59. The van der Waals surface area contributed by atoms with Crippen molar-refractivity contribution >= 4 is 54.6 Å². The Morgan fingerprint density at radius 1 is 1.24 bits per heavy atom. The van der Waals surface area contributed by atoms with Crippen molar-refractivity contribution in [3.8, 4) is 0 Å². The quantitative estimate of drug-likeness (QED) is 0.761. The average molecular weight is 421 g/mol. The number of hydrogen-bond acceptors (Lipinski definition) is 3. The molecule has 0 aliphatic carbocycles. The maximum Gasteiger partial charge on any atom is 0.416 e. The summed E-state index contributed by atoms with van der Waals surface area (Å²) in [6, 6.07) is 5.15. The molecular formula is C11H6BrClF3NO2S2. The van der Waals surface area contributed by atoms with Crippen molar-refractivity contribution in [3.05, 3.63) is 44.7 Å². The highest BCUT2D eigenvalue weighted by Gasteiger charge is 2.30. The van der Waals surface area contributed by atoms with Gasteiger partial charge in [0, 0.05) is 5.69 Å². The molecule has 1 aromatic carbocycles. The molecule has 1 heterocycles. The van der Waals surface area contributed by atoms with Crippen molar-refractivity contribution in [2.24, 2.45) is 0 Å². The van der Waals surface area contributed by atoms with Gasteiger partial charge in [-0.3, -0.25) is 4.72 Å². The van der Waals surface area contributed by atoms with Gasteiger partial charge in [0.1, 0.15) is 4.21 Å². The molecule has 1 N–H and O–H groups in total. The first-order valence-corrected chi connectivity index (χ1v) is 8.71. The number of alkyl halides is 3. The Kier molecular flexibility index (Phi) is 4.57. The van der Waals surface area contributed by atoms with Gasteiger partial charge in [-0.1, -0.05) is 17.7 Å². The summed E-state index contributed by atoms with van der Waals surface area (Å²) in [4.78, 5) is 0. The minimum atomic E-state index is -4.54. The van der Waals surface area contributed by atoms with E-state index in [2.05, 4.69) is 20.7 Å². The van der Waals surface area contributed by atoms with Crippen LogP contribution in [0.5, 0.6) is 0 Å². The van der Waals surface area contributed by atoms with Crippen LogP contribution in [-0.4, -0.2) is 8.42 Å². The van der Waals surface area contributed by atoms with Crippen LogP contribution in [0.15, 0.2) is 38.3 Å². The monoisotopic (exact) mass is 419 g/mol. The van der Waals surface area contributed by atoms with E-state index in [-0.39, 0.29) is 14.9 Å². The molecule has 0 spiro atoms. The molecule has 2 rings (SSSR count). The van der Waals surface area contributed by atoms with Gasteiger partial charge in [0.2, 0.25) is 0 Å². The van der Waals surface area contributed by atoms with E-state index in [1.165, 1.54) is 12.1 Å². The molecule has 0 amide bonds. The predicted octanol–water partition coefficient (Wildman–Crippen LogP) is 4.98. The minimum Gasteiger partial charge on any atom is -0.279 e. The molecule has 21 heavy (non-hydrogen) atoms. The van der Waals surface area contributed by atoms with Crippen LogP contribution in [0.3, 0.4) is 0 Å². The molecule has 1 aromatic heterocycles. The van der Waals surface area contributed by atoms with Crippen molar-refractivity contribution < 1.29 is 21.6 Å². The molecule has 0 atom stereocenters. The van der Waals surface area contributed by atoms with Crippen LogP contribution in [0.25, 0.3) is 0 Å². The fourth-order valence-electron chi connectivity index (χ4n) is 1.42. The SMILES string of the molecule is O=S(=O)(Nc1cccc(C(F)(F)F)c1)c1cc(Cl)c(Br)s1. The van der Waals surface area contributed by atoms with E-state index in [9.17, 15) is 21.6 Å². The Hall–Kier alpha value is -0.770. The van der Waals surface area contributed by atoms with Crippen LogP contribution in [0.4, 0.5) is 18.9 Å². The zero-order chi connectivity index (χ0) is 15.8. The largest absolute Gasteiger partial charge is 0.416 e. The molecule has 0 unspecified atom stereocenters. The maximum atomic E-state index is 12.6. The third kappa shape index (κ3) is 3.91. The summed E-state index contributed by atoms with van der Waals surface area (Å²) in [5.41, 5.74) is -1.11. The molecule has 10 heteroatoms. The number of rotatable bonds is 3. The Morgan fingerprint density at radius 2 is 1.90 bits per heavy atom. The molecule has 2 aromatic rings. The fourth-order valence-corrected chi connectivity index (χ4v) is 4.87. The third-order valence-corrected chi connectivity index (χ3v) is 6.66. The molecule has 0 saturated carbocycles. The van der Waals surface area contributed by atoms with E-state index in [0.29, 0.717) is 3.79 Å². The second-order valence-electron chi connectivity index (χ2n) is 3.87. The van der Waals surface area contributed by atoms with Crippen LogP contribution in [0.2, 0.25) is 5.02 Å². The maximum absolute atomic E-state index is 12.6. The molecule has 0 aliphatic rings. The Balaban J connectivity index is 2.33. The highest BCUT2D eigenvalue weighted by molar-refractivity contribution is 9.11. The summed E-state index contributed by atoms with van der Waals surface area (Å²) < 4.78 is 64.3. The highest BCUT2D eigenvalue weighted by Crippen LogP contribution is 2.36. The lowest BCUT2D eigenvalue weighted by atomic mass is 10.2. The smallest absolute Gasteiger partial charge is 0.279 e. The lowest BCUT2D eigenvalue weighted by molar-refractivity contribution is -0.137. The summed E-state index contributed by atoms with van der Waals surface area (Å²) in [5, 5.41) is 0.212. The fraction of sp³-hybridized carbons (Fsp3) is 0.0909. The van der Waals surface area contributed by atoms with Crippen molar-refractivity contribution in [2.45, 2.75) is 10.4 Å². The first kappa shape index (κ1) is 16.6. The highest BCUT2D eigenvalue weighted by atomic mass is 79.9. The average Bonchev–Trinajstić information content (AvgIpc) is 2.69.